The minimum atomic E-state index is 1.09. The summed E-state index contributed by atoms with van der Waals surface area (Å²) in [5.74, 6) is 0. The maximum absolute atomic E-state index is 4.04. The van der Waals surface area contributed by atoms with Gasteiger partial charge < -0.3 is 0 Å². The zero-order valence-corrected chi connectivity index (χ0v) is 11.6. The monoisotopic (exact) mass is 229 g/mol. The number of aromatic nitrogens is 1. The van der Waals surface area contributed by atoms with Crippen molar-refractivity contribution < 1.29 is 0 Å². The zero-order valence-electron chi connectivity index (χ0n) is 11.6. The molecule has 1 nitrogen and oxygen atoms in total. The number of hydrogen-bond donors (Lipinski definition) is 0. The van der Waals surface area contributed by atoms with E-state index in [0.717, 1.165) is 11.3 Å². The van der Waals surface area contributed by atoms with Crippen molar-refractivity contribution in [2.45, 2.75) is 34.6 Å². The molecular weight excluding hydrogens is 206 g/mol. The summed E-state index contributed by atoms with van der Waals surface area (Å²) in [5, 5.41) is 0. The first-order valence-corrected chi connectivity index (χ1v) is 5.81. The third kappa shape index (κ3) is 9.31. The maximum atomic E-state index is 4.04. The Morgan fingerprint density at radius 3 is 2.24 bits per heavy atom. The van der Waals surface area contributed by atoms with E-state index in [9.17, 15) is 0 Å². The number of aryl methyl sites for hydroxylation is 2. The molecule has 0 spiro atoms. The Hall–Kier alpha value is -1.63. The highest BCUT2D eigenvalue weighted by molar-refractivity contribution is 5.22. The standard InChI is InChI=1S/C9H14.C7H9N/c1-5-9(4)7-6-8(2)3;1-6-3-4-8-7(2)5-6/h5-7H,2H2,1,3-4H3;3-5H,1-2H3/b7-6-,9-5-;. The quantitative estimate of drug-likeness (QED) is 0.665. The van der Waals surface area contributed by atoms with Crippen molar-refractivity contribution in [2.75, 3.05) is 0 Å². The molecule has 1 aromatic heterocycles. The fourth-order valence-electron chi connectivity index (χ4n) is 1.06. The lowest BCUT2D eigenvalue weighted by Crippen LogP contribution is -1.78. The smallest absolute Gasteiger partial charge is 0.0375 e. The second-order valence-electron chi connectivity index (χ2n) is 4.19. The Balaban J connectivity index is 0.000000302. The highest BCUT2D eigenvalue weighted by atomic mass is 14.6. The molecule has 0 aliphatic rings. The molecule has 0 amide bonds. The zero-order chi connectivity index (χ0) is 13.3. The van der Waals surface area contributed by atoms with Crippen LogP contribution in [0, 0.1) is 13.8 Å². The van der Waals surface area contributed by atoms with Crippen LogP contribution < -0.4 is 0 Å². The van der Waals surface area contributed by atoms with Crippen molar-refractivity contribution >= 4 is 0 Å². The van der Waals surface area contributed by atoms with E-state index in [4.69, 9.17) is 0 Å². The minimum absolute atomic E-state index is 1.09. The Morgan fingerprint density at radius 1 is 1.24 bits per heavy atom. The molecule has 1 rings (SSSR count). The first-order valence-electron chi connectivity index (χ1n) is 5.81. The molecule has 0 radical (unpaired) electrons. The Morgan fingerprint density at radius 2 is 1.88 bits per heavy atom. The lowest BCUT2D eigenvalue weighted by molar-refractivity contribution is 1.18. The van der Waals surface area contributed by atoms with Crippen LogP contribution in [-0.4, -0.2) is 4.98 Å². The summed E-state index contributed by atoms with van der Waals surface area (Å²) < 4.78 is 0. The number of pyridine rings is 1. The van der Waals surface area contributed by atoms with Gasteiger partial charge in [0.1, 0.15) is 0 Å². The SMILES string of the molecule is C=C(C)/C=C\C(C)=C/C.Cc1ccnc(C)c1. The maximum Gasteiger partial charge on any atom is 0.0375 e. The van der Waals surface area contributed by atoms with E-state index in [0.29, 0.717) is 0 Å². The van der Waals surface area contributed by atoms with Crippen molar-refractivity contribution in [3.05, 3.63) is 65.5 Å². The first kappa shape index (κ1) is 15.4. The highest BCUT2D eigenvalue weighted by Crippen LogP contribution is 1.97. The van der Waals surface area contributed by atoms with E-state index < -0.39 is 0 Å². The molecule has 0 unspecified atom stereocenters. The average molecular weight is 229 g/mol. The summed E-state index contributed by atoms with van der Waals surface area (Å²) >= 11 is 0. The van der Waals surface area contributed by atoms with Crippen molar-refractivity contribution in [3.63, 3.8) is 0 Å². The topological polar surface area (TPSA) is 12.9 Å². The second-order valence-corrected chi connectivity index (χ2v) is 4.19. The number of nitrogens with zero attached hydrogens (tertiary/aromatic N) is 1. The van der Waals surface area contributed by atoms with Gasteiger partial charge in [0.05, 0.1) is 0 Å². The highest BCUT2D eigenvalue weighted by Gasteiger charge is 1.82. The second kappa shape index (κ2) is 8.51. The largest absolute Gasteiger partial charge is 0.262 e. The van der Waals surface area contributed by atoms with Gasteiger partial charge in [-0.2, -0.15) is 0 Å². The van der Waals surface area contributed by atoms with Gasteiger partial charge in [-0.1, -0.05) is 36.0 Å². The summed E-state index contributed by atoms with van der Waals surface area (Å²) in [5.41, 5.74) is 4.73. The Bertz CT molecular complexity index is 394. The summed E-state index contributed by atoms with van der Waals surface area (Å²) in [7, 11) is 0. The number of allylic oxidation sites excluding steroid dienone is 5. The molecule has 0 aromatic carbocycles. The van der Waals surface area contributed by atoms with Crippen LogP contribution in [0.25, 0.3) is 0 Å². The summed E-state index contributed by atoms with van der Waals surface area (Å²) in [6.07, 6.45) is 7.96. The molecular formula is C16H23N. The van der Waals surface area contributed by atoms with Gasteiger partial charge in [0.2, 0.25) is 0 Å². The number of rotatable bonds is 2. The summed E-state index contributed by atoms with van der Waals surface area (Å²) in [6.45, 7) is 13.9. The first-order chi connectivity index (χ1) is 7.95. The van der Waals surface area contributed by atoms with Gasteiger partial charge in [0.25, 0.3) is 0 Å². The lowest BCUT2D eigenvalue weighted by atomic mass is 10.2. The molecule has 1 heteroatoms. The fraction of sp³-hybridized carbons (Fsp3) is 0.312. The van der Waals surface area contributed by atoms with Crippen molar-refractivity contribution in [2.24, 2.45) is 0 Å². The molecule has 92 valence electrons. The van der Waals surface area contributed by atoms with E-state index >= 15 is 0 Å². The van der Waals surface area contributed by atoms with Crippen LogP contribution in [0.2, 0.25) is 0 Å². The van der Waals surface area contributed by atoms with Crippen LogP contribution in [0.3, 0.4) is 0 Å². The van der Waals surface area contributed by atoms with E-state index in [1.54, 1.807) is 0 Å². The normalized spacial score (nSPS) is 11.0. The summed E-state index contributed by atoms with van der Waals surface area (Å²) in [4.78, 5) is 4.04. The predicted molar refractivity (Wildman–Crippen MR) is 77.1 cm³/mol. The van der Waals surface area contributed by atoms with Crippen molar-refractivity contribution in [1.29, 1.82) is 0 Å². The van der Waals surface area contributed by atoms with Crippen LogP contribution in [0.1, 0.15) is 32.0 Å². The van der Waals surface area contributed by atoms with Crippen LogP contribution in [-0.2, 0) is 0 Å². The molecule has 0 fully saturated rings. The third-order valence-corrected chi connectivity index (χ3v) is 2.14. The van der Waals surface area contributed by atoms with E-state index in [1.165, 1.54) is 11.1 Å². The van der Waals surface area contributed by atoms with Gasteiger partial charge in [-0.3, -0.25) is 4.98 Å². The minimum Gasteiger partial charge on any atom is -0.262 e. The van der Waals surface area contributed by atoms with E-state index in [-0.39, 0.29) is 0 Å². The molecule has 1 aromatic rings. The van der Waals surface area contributed by atoms with Gasteiger partial charge in [0.15, 0.2) is 0 Å². The molecule has 0 saturated carbocycles. The van der Waals surface area contributed by atoms with Crippen LogP contribution >= 0.6 is 0 Å². The molecule has 0 bridgehead atoms. The molecule has 0 atom stereocenters. The lowest BCUT2D eigenvalue weighted by Gasteiger charge is -1.90. The third-order valence-electron chi connectivity index (χ3n) is 2.14. The predicted octanol–water partition coefficient (Wildman–Crippen LogP) is 4.78. The Kier molecular flexibility index (Phi) is 7.70. The Labute approximate surface area is 106 Å². The van der Waals surface area contributed by atoms with Gasteiger partial charge in [-0.15, -0.1) is 0 Å². The van der Waals surface area contributed by atoms with Crippen LogP contribution in [0.4, 0.5) is 0 Å². The molecule has 0 saturated heterocycles. The average Bonchev–Trinajstić information content (AvgIpc) is 2.26. The van der Waals surface area contributed by atoms with Gasteiger partial charge in [0, 0.05) is 11.9 Å². The fourth-order valence-corrected chi connectivity index (χ4v) is 1.06. The van der Waals surface area contributed by atoms with Gasteiger partial charge in [-0.25, -0.2) is 0 Å². The van der Waals surface area contributed by atoms with E-state index in [1.807, 2.05) is 39.1 Å². The number of hydrogen-bond acceptors (Lipinski definition) is 1. The van der Waals surface area contributed by atoms with Gasteiger partial charge >= 0.3 is 0 Å². The molecule has 0 aliphatic heterocycles. The van der Waals surface area contributed by atoms with Crippen molar-refractivity contribution in [3.8, 4) is 0 Å². The molecule has 0 aliphatic carbocycles. The molecule has 1 heterocycles. The van der Waals surface area contributed by atoms with Gasteiger partial charge in [-0.05, 0) is 52.3 Å². The summed E-state index contributed by atoms with van der Waals surface area (Å²) in [6, 6.07) is 4.05. The van der Waals surface area contributed by atoms with Crippen LogP contribution in [0.15, 0.2) is 54.3 Å². The van der Waals surface area contributed by atoms with Crippen LogP contribution in [0.5, 0.6) is 0 Å². The van der Waals surface area contributed by atoms with E-state index in [2.05, 4.69) is 43.6 Å². The van der Waals surface area contributed by atoms with Crippen molar-refractivity contribution in [1.82, 2.24) is 4.98 Å². The molecule has 17 heavy (non-hydrogen) atoms. The molecule has 0 N–H and O–H groups in total.